The van der Waals surface area contributed by atoms with Crippen LogP contribution in [0.1, 0.15) is 33.1 Å². The molecule has 2 aliphatic rings. The summed E-state index contributed by atoms with van der Waals surface area (Å²) in [7, 11) is 0. The van der Waals surface area contributed by atoms with Gasteiger partial charge in [0.2, 0.25) is 0 Å². The van der Waals surface area contributed by atoms with E-state index in [1.54, 1.807) is 0 Å². The van der Waals surface area contributed by atoms with E-state index < -0.39 is 0 Å². The summed E-state index contributed by atoms with van der Waals surface area (Å²) in [6.07, 6.45) is 3.24. The number of piperidine rings is 1. The Bertz CT molecular complexity index is 252. The summed E-state index contributed by atoms with van der Waals surface area (Å²) in [5.74, 6) is 0. The fourth-order valence-corrected chi connectivity index (χ4v) is 3.00. The van der Waals surface area contributed by atoms with Crippen LogP contribution in [-0.4, -0.2) is 35.1 Å². The molecule has 3 N–H and O–H groups in total. The molecule has 2 atom stereocenters. The van der Waals surface area contributed by atoms with Gasteiger partial charge in [-0.2, -0.15) is 0 Å². The Kier molecular flexibility index (Phi) is 2.18. The molecule has 2 unspecified atom stereocenters. The smallest absolute Gasteiger partial charge is 0.315 e. The van der Waals surface area contributed by atoms with Gasteiger partial charge in [0.15, 0.2) is 0 Å². The molecule has 0 aromatic carbocycles. The topological polar surface area (TPSA) is 58.4 Å². The van der Waals surface area contributed by atoms with Crippen LogP contribution in [0, 0.1) is 0 Å². The lowest BCUT2D eigenvalue weighted by Gasteiger charge is -2.36. The van der Waals surface area contributed by atoms with Gasteiger partial charge in [-0.1, -0.05) is 0 Å². The molecule has 2 fully saturated rings. The number of primary amides is 1. The third kappa shape index (κ3) is 1.38. The van der Waals surface area contributed by atoms with E-state index in [4.69, 9.17) is 5.73 Å². The van der Waals surface area contributed by atoms with Gasteiger partial charge in [0.05, 0.1) is 0 Å². The average Bonchev–Trinajstić information content (AvgIpc) is 2.33. The maximum Gasteiger partial charge on any atom is 0.315 e. The maximum atomic E-state index is 11.4. The Labute approximate surface area is 84.8 Å². The van der Waals surface area contributed by atoms with E-state index in [0.29, 0.717) is 12.1 Å². The first-order valence-electron chi connectivity index (χ1n) is 5.34. The summed E-state index contributed by atoms with van der Waals surface area (Å²) in [6, 6.07) is 0.494. The molecule has 14 heavy (non-hydrogen) atoms. The zero-order valence-corrected chi connectivity index (χ0v) is 8.92. The molecule has 0 aromatic heterocycles. The largest absolute Gasteiger partial charge is 0.351 e. The van der Waals surface area contributed by atoms with E-state index in [2.05, 4.69) is 19.2 Å². The third-order valence-corrected chi connectivity index (χ3v) is 3.49. The molecule has 0 aromatic rings. The number of carbonyl (C=O) groups excluding carboxylic acids is 1. The fourth-order valence-electron chi connectivity index (χ4n) is 3.00. The molecule has 2 rings (SSSR count). The third-order valence-electron chi connectivity index (χ3n) is 3.49. The quantitative estimate of drug-likeness (QED) is 0.599. The number of amides is 2. The van der Waals surface area contributed by atoms with Crippen molar-refractivity contribution in [1.82, 2.24) is 10.2 Å². The summed E-state index contributed by atoms with van der Waals surface area (Å²) in [4.78, 5) is 13.3. The average molecular weight is 197 g/mol. The number of hydrogen-bond acceptors (Lipinski definition) is 2. The fraction of sp³-hybridized carbons (Fsp3) is 0.900. The monoisotopic (exact) mass is 197 g/mol. The highest BCUT2D eigenvalue weighted by Crippen LogP contribution is 2.36. The minimum atomic E-state index is -0.272. The molecule has 2 aliphatic heterocycles. The van der Waals surface area contributed by atoms with E-state index in [1.165, 1.54) is 0 Å². The number of nitrogens with zero attached hydrogens (tertiary/aromatic N) is 1. The zero-order chi connectivity index (χ0) is 10.3. The first-order chi connectivity index (χ1) is 6.52. The Morgan fingerprint density at radius 1 is 1.57 bits per heavy atom. The number of fused-ring (bicyclic) bond motifs is 1. The molecule has 0 bridgehead atoms. The van der Waals surface area contributed by atoms with Gasteiger partial charge < -0.3 is 16.0 Å². The Hall–Kier alpha value is -0.770. The van der Waals surface area contributed by atoms with Crippen molar-refractivity contribution in [2.45, 2.75) is 50.7 Å². The van der Waals surface area contributed by atoms with Gasteiger partial charge in [-0.25, -0.2) is 4.79 Å². The van der Waals surface area contributed by atoms with Crippen LogP contribution in [0.2, 0.25) is 0 Å². The van der Waals surface area contributed by atoms with Crippen LogP contribution in [0.5, 0.6) is 0 Å². The van der Waals surface area contributed by atoms with Gasteiger partial charge in [0.1, 0.15) is 0 Å². The molecule has 2 heterocycles. The Morgan fingerprint density at radius 3 is 2.93 bits per heavy atom. The first kappa shape index (κ1) is 9.77. The lowest BCUT2D eigenvalue weighted by Crippen LogP contribution is -2.53. The molecular formula is C10H19N3O. The molecule has 0 radical (unpaired) electrons. The van der Waals surface area contributed by atoms with Gasteiger partial charge in [0, 0.05) is 17.6 Å². The van der Waals surface area contributed by atoms with Gasteiger partial charge in [-0.15, -0.1) is 0 Å². The van der Waals surface area contributed by atoms with Crippen LogP contribution in [0.3, 0.4) is 0 Å². The number of rotatable bonds is 0. The van der Waals surface area contributed by atoms with Crippen molar-refractivity contribution in [3.05, 3.63) is 0 Å². The molecule has 0 aliphatic carbocycles. The summed E-state index contributed by atoms with van der Waals surface area (Å²) < 4.78 is 0. The van der Waals surface area contributed by atoms with E-state index >= 15 is 0 Å². The Balaban J connectivity index is 2.23. The molecule has 4 nitrogen and oxygen atoms in total. The van der Waals surface area contributed by atoms with Crippen LogP contribution >= 0.6 is 0 Å². The number of likely N-dealkylation sites (tertiary alicyclic amines) is 1. The number of nitrogens with one attached hydrogen (secondary N) is 1. The number of urea groups is 1. The van der Waals surface area contributed by atoms with E-state index in [9.17, 15) is 4.79 Å². The minimum Gasteiger partial charge on any atom is -0.351 e. The normalized spacial score (nSPS) is 35.4. The Morgan fingerprint density at radius 2 is 2.29 bits per heavy atom. The van der Waals surface area contributed by atoms with E-state index in [1.807, 2.05) is 4.90 Å². The van der Waals surface area contributed by atoms with Crippen molar-refractivity contribution in [2.24, 2.45) is 5.73 Å². The number of nitrogens with two attached hydrogens (primary N) is 1. The summed E-state index contributed by atoms with van der Waals surface area (Å²) in [6.45, 7) is 5.26. The molecular weight excluding hydrogens is 178 g/mol. The highest BCUT2D eigenvalue weighted by Gasteiger charge is 2.48. The summed E-state index contributed by atoms with van der Waals surface area (Å²) in [5, 5.41) is 3.47. The predicted octanol–water partition coefficient (Wildman–Crippen LogP) is 0.670. The second kappa shape index (κ2) is 3.12. The van der Waals surface area contributed by atoms with Crippen molar-refractivity contribution >= 4 is 6.03 Å². The van der Waals surface area contributed by atoms with Crippen LogP contribution in [0.25, 0.3) is 0 Å². The minimum absolute atomic E-state index is 0.0848. The second-order valence-corrected chi connectivity index (χ2v) is 4.99. The molecule has 2 saturated heterocycles. The van der Waals surface area contributed by atoms with Gasteiger partial charge in [-0.3, -0.25) is 0 Å². The molecule has 0 spiro atoms. The highest BCUT2D eigenvalue weighted by molar-refractivity contribution is 5.74. The van der Waals surface area contributed by atoms with E-state index in [-0.39, 0.29) is 11.6 Å². The van der Waals surface area contributed by atoms with Crippen molar-refractivity contribution < 1.29 is 4.79 Å². The summed E-state index contributed by atoms with van der Waals surface area (Å²) in [5.41, 5.74) is 5.35. The number of hydrogen-bond donors (Lipinski definition) is 2. The lowest BCUT2D eigenvalue weighted by atomic mass is 9.96. The second-order valence-electron chi connectivity index (χ2n) is 4.99. The van der Waals surface area contributed by atoms with Gasteiger partial charge in [0.25, 0.3) is 0 Å². The van der Waals surface area contributed by atoms with Crippen molar-refractivity contribution in [1.29, 1.82) is 0 Å². The zero-order valence-electron chi connectivity index (χ0n) is 8.92. The lowest BCUT2D eigenvalue weighted by molar-refractivity contribution is 0.138. The van der Waals surface area contributed by atoms with Crippen LogP contribution in [-0.2, 0) is 0 Å². The standard InChI is InChI=1S/C10H19N3O/c1-10(2)6-7-8(4-3-5-12-7)13(10)9(11)14/h7-8,12H,3-6H2,1-2H3,(H2,11,14). The van der Waals surface area contributed by atoms with Crippen LogP contribution in [0.15, 0.2) is 0 Å². The summed E-state index contributed by atoms with van der Waals surface area (Å²) >= 11 is 0. The molecule has 80 valence electrons. The van der Waals surface area contributed by atoms with Crippen LogP contribution in [0.4, 0.5) is 4.79 Å². The van der Waals surface area contributed by atoms with Crippen molar-refractivity contribution in [3.8, 4) is 0 Å². The highest BCUT2D eigenvalue weighted by atomic mass is 16.2. The van der Waals surface area contributed by atoms with Crippen molar-refractivity contribution in [3.63, 3.8) is 0 Å². The van der Waals surface area contributed by atoms with Crippen molar-refractivity contribution in [2.75, 3.05) is 6.54 Å². The number of carbonyl (C=O) groups is 1. The molecule has 0 saturated carbocycles. The molecule has 4 heteroatoms. The maximum absolute atomic E-state index is 11.4. The van der Waals surface area contributed by atoms with Gasteiger partial charge >= 0.3 is 6.03 Å². The first-order valence-corrected chi connectivity index (χ1v) is 5.34. The molecule has 2 amide bonds. The predicted molar refractivity (Wildman–Crippen MR) is 54.9 cm³/mol. The van der Waals surface area contributed by atoms with Crippen LogP contribution < -0.4 is 11.1 Å². The van der Waals surface area contributed by atoms with Gasteiger partial charge in [-0.05, 0) is 39.7 Å². The SMILES string of the molecule is CC1(C)CC2NCCCC2N1C(N)=O. The van der Waals surface area contributed by atoms with E-state index in [0.717, 1.165) is 25.8 Å².